The molecule has 4 rings (SSSR count). The molecule has 0 saturated carbocycles. The molecule has 4 N–H and O–H groups in total. The van der Waals surface area contributed by atoms with Crippen molar-refractivity contribution in [3.8, 4) is 5.69 Å². The smallest absolute Gasteiger partial charge is 0.306 e. The fraction of sp³-hybridized carbons (Fsp3) is 0.323. The van der Waals surface area contributed by atoms with Crippen LogP contribution in [-0.2, 0) is 28.8 Å². The molecule has 0 fully saturated rings. The highest BCUT2D eigenvalue weighted by atomic mass is 16.5. The number of hydrogen-bond acceptors (Lipinski definition) is 6. The van der Waals surface area contributed by atoms with Gasteiger partial charge in [0.1, 0.15) is 6.61 Å². The van der Waals surface area contributed by atoms with Gasteiger partial charge in [-0.25, -0.2) is 0 Å². The molecule has 1 heterocycles. The molecule has 0 bridgehead atoms. The largest absolute Gasteiger partial charge is 0.464 e. The van der Waals surface area contributed by atoms with Crippen LogP contribution >= 0.6 is 0 Å². The zero-order valence-corrected chi connectivity index (χ0v) is 22.1. The first-order chi connectivity index (χ1) is 18.3. The lowest BCUT2D eigenvalue weighted by Crippen LogP contribution is -2.51. The summed E-state index contributed by atoms with van der Waals surface area (Å²) in [5, 5.41) is 19.8. The van der Waals surface area contributed by atoms with E-state index < -0.39 is 24.7 Å². The van der Waals surface area contributed by atoms with Crippen molar-refractivity contribution in [1.29, 1.82) is 0 Å². The first-order valence-corrected chi connectivity index (χ1v) is 12.9. The molecule has 0 aliphatic heterocycles. The number of aliphatic hydroxyl groups excluding tert-OH is 2. The minimum absolute atomic E-state index is 0.185. The molecular formula is C31H37N3O4. The highest BCUT2D eigenvalue weighted by Gasteiger charge is 2.25. The van der Waals surface area contributed by atoms with Crippen molar-refractivity contribution in [1.82, 2.24) is 4.57 Å². The number of nitrogens with two attached hydrogens (primary N) is 1. The number of aliphatic hydroxyl groups is 2. The van der Waals surface area contributed by atoms with Crippen molar-refractivity contribution in [2.75, 3.05) is 38.8 Å². The number of nitrogens with zero attached hydrogens (tertiary/aromatic N) is 2. The topological polar surface area (TPSA) is 101 Å². The zero-order chi connectivity index (χ0) is 27.1. The van der Waals surface area contributed by atoms with E-state index in [2.05, 4.69) is 82.4 Å². The van der Waals surface area contributed by atoms with Crippen LogP contribution in [0.4, 0.5) is 5.69 Å². The lowest BCUT2D eigenvalue weighted by Gasteiger charge is -2.23. The molecular weight excluding hydrogens is 478 g/mol. The van der Waals surface area contributed by atoms with Gasteiger partial charge in [0.2, 0.25) is 0 Å². The van der Waals surface area contributed by atoms with Crippen LogP contribution in [0.3, 0.4) is 0 Å². The van der Waals surface area contributed by atoms with E-state index in [1.165, 1.54) is 16.5 Å². The van der Waals surface area contributed by atoms with Gasteiger partial charge in [0.25, 0.3) is 0 Å². The molecule has 0 aliphatic carbocycles. The van der Waals surface area contributed by atoms with E-state index in [9.17, 15) is 15.0 Å². The van der Waals surface area contributed by atoms with Gasteiger partial charge in [-0.15, -0.1) is 0 Å². The average molecular weight is 516 g/mol. The third-order valence-corrected chi connectivity index (χ3v) is 6.89. The second-order valence-electron chi connectivity index (χ2n) is 10.1. The van der Waals surface area contributed by atoms with Crippen LogP contribution in [0.1, 0.15) is 23.1 Å². The summed E-state index contributed by atoms with van der Waals surface area (Å²) in [5.74, 6) is -0.412. The monoisotopic (exact) mass is 515 g/mol. The quantitative estimate of drug-likeness (QED) is 0.249. The second-order valence-corrected chi connectivity index (χ2v) is 10.1. The fourth-order valence-corrected chi connectivity index (χ4v) is 4.43. The Bertz CT molecular complexity index is 1340. The summed E-state index contributed by atoms with van der Waals surface area (Å²) < 4.78 is 7.44. The standard InChI is InChI=1S/C31H37N3O4/c1-33(2)26-12-14-27(15-13-26)34-19-25(11-8-23-6-4-3-5-7-23)28-18-24(9-16-29(28)34)10-17-30(37)38-22-31(32,20-35)21-36/h3-7,9,12-16,18-19,35-36H,8,10-11,17,20-22,32H2,1-2H3. The number of ether oxygens (including phenoxy) is 1. The van der Waals surface area contributed by atoms with Gasteiger partial charge in [-0.1, -0.05) is 36.4 Å². The normalized spacial score (nSPS) is 11.6. The molecule has 7 heteroatoms. The Hall–Kier alpha value is -3.65. The van der Waals surface area contributed by atoms with E-state index in [0.29, 0.717) is 6.42 Å². The van der Waals surface area contributed by atoms with Gasteiger partial charge in [-0.3, -0.25) is 4.79 Å². The number of benzene rings is 3. The first kappa shape index (κ1) is 27.4. The van der Waals surface area contributed by atoms with Crippen molar-refractivity contribution < 1.29 is 19.7 Å². The molecule has 38 heavy (non-hydrogen) atoms. The van der Waals surface area contributed by atoms with Gasteiger partial charge in [0.15, 0.2) is 0 Å². The number of anilines is 1. The van der Waals surface area contributed by atoms with Crippen molar-refractivity contribution in [3.05, 3.63) is 95.7 Å². The number of fused-ring (bicyclic) bond motifs is 1. The van der Waals surface area contributed by atoms with Crippen LogP contribution in [0, 0.1) is 0 Å². The third kappa shape index (κ3) is 6.61. The van der Waals surface area contributed by atoms with Gasteiger partial charge < -0.3 is 30.2 Å². The summed E-state index contributed by atoms with van der Waals surface area (Å²) >= 11 is 0. The maximum atomic E-state index is 12.3. The summed E-state index contributed by atoms with van der Waals surface area (Å²) in [6.45, 7) is -1.15. The number of aromatic nitrogens is 1. The Morgan fingerprint density at radius 3 is 2.29 bits per heavy atom. The Morgan fingerprint density at radius 2 is 1.63 bits per heavy atom. The second kappa shape index (κ2) is 12.3. The SMILES string of the molecule is CN(C)c1ccc(-n2cc(CCc3ccccc3)c3cc(CCC(=O)OCC(N)(CO)CO)ccc32)cc1. The minimum Gasteiger partial charge on any atom is -0.464 e. The van der Waals surface area contributed by atoms with Gasteiger partial charge in [-0.2, -0.15) is 0 Å². The van der Waals surface area contributed by atoms with E-state index >= 15 is 0 Å². The van der Waals surface area contributed by atoms with E-state index in [1.54, 1.807) is 0 Å². The van der Waals surface area contributed by atoms with Crippen LogP contribution in [0.25, 0.3) is 16.6 Å². The average Bonchev–Trinajstić information content (AvgIpc) is 3.32. The Morgan fingerprint density at radius 1 is 0.921 bits per heavy atom. The zero-order valence-electron chi connectivity index (χ0n) is 22.1. The summed E-state index contributed by atoms with van der Waals surface area (Å²) in [7, 11) is 4.06. The molecule has 0 radical (unpaired) electrons. The van der Waals surface area contributed by atoms with E-state index in [-0.39, 0.29) is 13.0 Å². The summed E-state index contributed by atoms with van der Waals surface area (Å²) in [4.78, 5) is 14.4. The van der Waals surface area contributed by atoms with Crippen LogP contribution in [-0.4, -0.2) is 60.2 Å². The Kier molecular flexibility index (Phi) is 8.84. The van der Waals surface area contributed by atoms with Gasteiger partial charge in [0, 0.05) is 43.5 Å². The Labute approximate surface area is 224 Å². The molecule has 0 saturated heterocycles. The highest BCUT2D eigenvalue weighted by molar-refractivity contribution is 5.86. The summed E-state index contributed by atoms with van der Waals surface area (Å²) in [6.07, 6.45) is 4.76. The van der Waals surface area contributed by atoms with Crippen molar-refractivity contribution in [2.45, 2.75) is 31.2 Å². The predicted octanol–water partition coefficient (Wildman–Crippen LogP) is 3.64. The Balaban J connectivity index is 1.56. The third-order valence-electron chi connectivity index (χ3n) is 6.89. The molecule has 0 spiro atoms. The maximum Gasteiger partial charge on any atom is 0.306 e. The van der Waals surface area contributed by atoms with Crippen LogP contribution in [0.5, 0.6) is 0 Å². The number of carbonyl (C=O) groups is 1. The van der Waals surface area contributed by atoms with Crippen LogP contribution in [0.15, 0.2) is 79.0 Å². The van der Waals surface area contributed by atoms with Crippen molar-refractivity contribution >= 4 is 22.6 Å². The van der Waals surface area contributed by atoms with Gasteiger partial charge in [0.05, 0.1) is 24.3 Å². The summed E-state index contributed by atoms with van der Waals surface area (Å²) in [5.41, 5.74) is 11.4. The predicted molar refractivity (Wildman–Crippen MR) is 152 cm³/mol. The number of carbonyl (C=O) groups excluding carboxylic acids is 1. The number of rotatable bonds is 12. The number of esters is 1. The van der Waals surface area contributed by atoms with E-state index in [1.807, 2.05) is 20.2 Å². The number of aryl methyl sites for hydroxylation is 3. The molecule has 1 aromatic heterocycles. The highest BCUT2D eigenvalue weighted by Crippen LogP contribution is 2.28. The van der Waals surface area contributed by atoms with Crippen molar-refractivity contribution in [3.63, 3.8) is 0 Å². The molecule has 3 aromatic carbocycles. The molecule has 7 nitrogen and oxygen atoms in total. The van der Waals surface area contributed by atoms with Gasteiger partial charge >= 0.3 is 5.97 Å². The van der Waals surface area contributed by atoms with Gasteiger partial charge in [-0.05, 0) is 72.4 Å². The van der Waals surface area contributed by atoms with Crippen LogP contribution in [0.2, 0.25) is 0 Å². The molecule has 4 aromatic rings. The molecule has 0 atom stereocenters. The molecule has 0 unspecified atom stereocenters. The summed E-state index contributed by atoms with van der Waals surface area (Å²) in [6, 6.07) is 25.3. The van der Waals surface area contributed by atoms with E-state index in [0.717, 1.165) is 35.3 Å². The lowest BCUT2D eigenvalue weighted by atomic mass is 10.0. The number of hydrogen-bond donors (Lipinski definition) is 3. The van der Waals surface area contributed by atoms with E-state index in [4.69, 9.17) is 10.5 Å². The molecule has 0 amide bonds. The fourth-order valence-electron chi connectivity index (χ4n) is 4.43. The minimum atomic E-state index is -1.32. The molecule has 0 aliphatic rings. The first-order valence-electron chi connectivity index (χ1n) is 12.9. The molecule has 200 valence electrons. The maximum absolute atomic E-state index is 12.3. The van der Waals surface area contributed by atoms with Crippen LogP contribution < -0.4 is 10.6 Å². The lowest BCUT2D eigenvalue weighted by molar-refractivity contribution is -0.146. The van der Waals surface area contributed by atoms with Crippen molar-refractivity contribution in [2.24, 2.45) is 5.73 Å².